The number of carbonyl (C=O) groups excluding carboxylic acids is 1. The van der Waals surface area contributed by atoms with Crippen molar-refractivity contribution in [3.8, 4) is 5.75 Å². The van der Waals surface area contributed by atoms with Gasteiger partial charge in [-0.3, -0.25) is 14.4 Å². The number of anilines is 3. The monoisotopic (exact) mass is 462 g/mol. The highest BCUT2D eigenvalue weighted by atomic mass is 19.4. The Kier molecular flexibility index (Phi) is 6.43. The van der Waals surface area contributed by atoms with Crippen molar-refractivity contribution in [3.05, 3.63) is 73.8 Å². The minimum absolute atomic E-state index is 0.0610. The Morgan fingerprint density at radius 1 is 1.12 bits per heavy atom. The second-order valence-electron chi connectivity index (χ2n) is 7.48. The summed E-state index contributed by atoms with van der Waals surface area (Å²) in [5.41, 5.74) is -3.51. The molecule has 0 fully saturated rings. The van der Waals surface area contributed by atoms with Crippen LogP contribution in [-0.4, -0.2) is 35.0 Å². The SMILES string of the molecule is CCC(Nc1c(Nc2ccnc(C(=O)N(C)C)c2O)c(=O)c1=O)c1ccccc1C(F)(F)F. The number of rotatable bonds is 7. The second-order valence-corrected chi connectivity index (χ2v) is 7.48. The molecule has 1 aromatic heterocycles. The summed E-state index contributed by atoms with van der Waals surface area (Å²) in [5.74, 6) is -1.13. The van der Waals surface area contributed by atoms with Crippen molar-refractivity contribution in [2.24, 2.45) is 0 Å². The summed E-state index contributed by atoms with van der Waals surface area (Å²) in [4.78, 5) is 41.6. The third-order valence-corrected chi connectivity index (χ3v) is 5.07. The van der Waals surface area contributed by atoms with E-state index in [1.54, 1.807) is 6.92 Å². The van der Waals surface area contributed by atoms with Crippen molar-refractivity contribution in [2.45, 2.75) is 25.6 Å². The molecule has 0 aliphatic rings. The van der Waals surface area contributed by atoms with Crippen LogP contribution in [0.5, 0.6) is 5.75 Å². The number of alkyl halides is 3. The van der Waals surface area contributed by atoms with Crippen molar-refractivity contribution >= 4 is 23.0 Å². The zero-order valence-electron chi connectivity index (χ0n) is 17.9. The lowest BCUT2D eigenvalue weighted by Gasteiger charge is -2.25. The van der Waals surface area contributed by atoms with Crippen molar-refractivity contribution in [3.63, 3.8) is 0 Å². The first-order chi connectivity index (χ1) is 15.5. The molecule has 8 nitrogen and oxygen atoms in total. The van der Waals surface area contributed by atoms with Gasteiger partial charge in [0.2, 0.25) is 0 Å². The Labute approximate surface area is 186 Å². The number of nitrogens with one attached hydrogen (secondary N) is 2. The molecule has 1 amide bonds. The standard InChI is InChI=1S/C22H21F3N4O4/c1-4-13(11-7-5-6-8-12(11)22(23,24)25)27-15-16(20(32)19(15)31)28-14-9-10-26-17(18(14)30)21(33)29(2)3/h5-10,13,27,30H,4H2,1-3H3,(H,26,28). The topological polar surface area (TPSA) is 112 Å². The molecular formula is C22H21F3N4O4. The van der Waals surface area contributed by atoms with Gasteiger partial charge in [-0.15, -0.1) is 0 Å². The molecule has 2 aromatic carbocycles. The molecule has 0 spiro atoms. The Balaban J connectivity index is 1.96. The van der Waals surface area contributed by atoms with Gasteiger partial charge in [-0.2, -0.15) is 13.2 Å². The van der Waals surface area contributed by atoms with E-state index in [0.29, 0.717) is 0 Å². The normalized spacial score (nSPS) is 12.4. The summed E-state index contributed by atoms with van der Waals surface area (Å²) in [5, 5.41) is 15.7. The quantitative estimate of drug-likeness (QED) is 0.462. The maximum absolute atomic E-state index is 13.4. The molecule has 0 bridgehead atoms. The van der Waals surface area contributed by atoms with Crippen LogP contribution in [-0.2, 0) is 6.18 Å². The fourth-order valence-electron chi connectivity index (χ4n) is 3.34. The number of carbonyl (C=O) groups is 1. The van der Waals surface area contributed by atoms with Crippen LogP contribution in [0.2, 0.25) is 0 Å². The Morgan fingerprint density at radius 3 is 2.36 bits per heavy atom. The van der Waals surface area contributed by atoms with Crippen molar-refractivity contribution in [2.75, 3.05) is 24.7 Å². The maximum atomic E-state index is 13.4. The number of pyridine rings is 1. The minimum atomic E-state index is -4.60. The van der Waals surface area contributed by atoms with Crippen LogP contribution in [0.15, 0.2) is 46.1 Å². The average molecular weight is 462 g/mol. The zero-order chi connectivity index (χ0) is 24.5. The molecule has 3 rings (SSSR count). The highest BCUT2D eigenvalue weighted by molar-refractivity contribution is 5.97. The predicted octanol–water partition coefficient (Wildman–Crippen LogP) is 3.41. The van der Waals surface area contributed by atoms with Gasteiger partial charge in [-0.05, 0) is 24.1 Å². The van der Waals surface area contributed by atoms with Crippen LogP contribution in [0.25, 0.3) is 0 Å². The molecule has 1 heterocycles. The largest absolute Gasteiger partial charge is 0.504 e. The minimum Gasteiger partial charge on any atom is -0.504 e. The molecule has 33 heavy (non-hydrogen) atoms. The molecule has 3 N–H and O–H groups in total. The molecule has 174 valence electrons. The van der Waals surface area contributed by atoms with E-state index in [1.165, 1.54) is 49.5 Å². The Morgan fingerprint density at radius 2 is 1.76 bits per heavy atom. The van der Waals surface area contributed by atoms with E-state index >= 15 is 0 Å². The molecule has 0 saturated carbocycles. The fraction of sp³-hybridized carbons (Fsp3) is 0.273. The van der Waals surface area contributed by atoms with Gasteiger partial charge in [-0.25, -0.2) is 4.98 Å². The van der Waals surface area contributed by atoms with Gasteiger partial charge < -0.3 is 20.6 Å². The van der Waals surface area contributed by atoms with Crippen molar-refractivity contribution in [1.29, 1.82) is 0 Å². The first kappa shape index (κ1) is 23.8. The number of nitrogens with zero attached hydrogens (tertiary/aromatic N) is 2. The second kappa shape index (κ2) is 8.93. The third kappa shape index (κ3) is 4.52. The average Bonchev–Trinajstić information content (AvgIpc) is 2.78. The van der Waals surface area contributed by atoms with Crippen LogP contribution >= 0.6 is 0 Å². The maximum Gasteiger partial charge on any atom is 0.416 e. The van der Waals surface area contributed by atoms with Crippen LogP contribution < -0.4 is 21.5 Å². The lowest BCUT2D eigenvalue weighted by atomic mass is 9.97. The van der Waals surface area contributed by atoms with Crippen molar-refractivity contribution in [1.82, 2.24) is 9.88 Å². The summed E-state index contributed by atoms with van der Waals surface area (Å²) >= 11 is 0. The van der Waals surface area contributed by atoms with Gasteiger partial charge in [0.25, 0.3) is 16.8 Å². The van der Waals surface area contributed by atoms with Crippen LogP contribution in [0.3, 0.4) is 0 Å². The molecule has 0 aliphatic heterocycles. The van der Waals surface area contributed by atoms with Crippen molar-refractivity contribution < 1.29 is 23.1 Å². The fourth-order valence-corrected chi connectivity index (χ4v) is 3.34. The Hall–Kier alpha value is -3.89. The highest BCUT2D eigenvalue weighted by Crippen LogP contribution is 2.37. The van der Waals surface area contributed by atoms with E-state index in [0.717, 1.165) is 6.07 Å². The molecule has 11 heteroatoms. The smallest absolute Gasteiger partial charge is 0.416 e. The van der Waals surface area contributed by atoms with Gasteiger partial charge in [0, 0.05) is 20.3 Å². The molecule has 3 aromatic rings. The van der Waals surface area contributed by atoms with Gasteiger partial charge in [0.05, 0.1) is 17.3 Å². The van der Waals surface area contributed by atoms with Gasteiger partial charge in [0.1, 0.15) is 11.4 Å². The molecule has 1 atom stereocenters. The summed E-state index contributed by atoms with van der Waals surface area (Å²) in [6.07, 6.45) is -3.18. The summed E-state index contributed by atoms with van der Waals surface area (Å²) in [6.45, 7) is 1.64. The number of aromatic nitrogens is 1. The lowest BCUT2D eigenvalue weighted by Crippen LogP contribution is -2.37. The molecular weight excluding hydrogens is 441 g/mol. The van der Waals surface area contributed by atoms with Crippen LogP contribution in [0.4, 0.5) is 30.2 Å². The summed E-state index contributed by atoms with van der Waals surface area (Å²) in [7, 11) is 2.93. The first-order valence-electron chi connectivity index (χ1n) is 9.89. The van der Waals surface area contributed by atoms with E-state index in [9.17, 15) is 32.7 Å². The highest BCUT2D eigenvalue weighted by Gasteiger charge is 2.35. The van der Waals surface area contributed by atoms with E-state index < -0.39 is 40.3 Å². The molecule has 0 saturated heterocycles. The zero-order valence-corrected chi connectivity index (χ0v) is 17.9. The van der Waals surface area contributed by atoms with Gasteiger partial charge in [-0.1, -0.05) is 25.1 Å². The van der Waals surface area contributed by atoms with E-state index in [2.05, 4.69) is 15.6 Å². The number of halogens is 3. The van der Waals surface area contributed by atoms with Crippen LogP contribution in [0, 0.1) is 0 Å². The molecule has 0 aliphatic carbocycles. The molecule has 0 radical (unpaired) electrons. The third-order valence-electron chi connectivity index (χ3n) is 5.07. The molecule has 1 unspecified atom stereocenters. The van der Waals surface area contributed by atoms with E-state index in [1.807, 2.05) is 0 Å². The predicted molar refractivity (Wildman–Crippen MR) is 117 cm³/mol. The van der Waals surface area contributed by atoms with Gasteiger partial charge in [0.15, 0.2) is 11.4 Å². The van der Waals surface area contributed by atoms with Gasteiger partial charge >= 0.3 is 6.18 Å². The Bertz CT molecular complexity index is 1260. The number of amides is 1. The number of hydrogen-bond acceptors (Lipinski definition) is 7. The summed E-state index contributed by atoms with van der Waals surface area (Å²) in [6, 6.07) is 5.34. The number of aromatic hydroxyl groups is 1. The van der Waals surface area contributed by atoms with E-state index in [4.69, 9.17) is 0 Å². The number of hydrogen-bond donors (Lipinski definition) is 3. The van der Waals surface area contributed by atoms with Crippen LogP contribution in [0.1, 0.15) is 41.0 Å². The lowest BCUT2D eigenvalue weighted by molar-refractivity contribution is -0.138. The van der Waals surface area contributed by atoms with E-state index in [-0.39, 0.29) is 34.7 Å². The first-order valence-corrected chi connectivity index (χ1v) is 9.89. The summed E-state index contributed by atoms with van der Waals surface area (Å²) < 4.78 is 40.3. The number of benzene rings is 1.